The average Bonchev–Trinajstić information content (AvgIpc) is 2.59. The minimum absolute atomic E-state index is 0.541. The molecule has 2 aliphatic rings. The maximum Gasteiger partial charge on any atom is 0.00702 e. The summed E-state index contributed by atoms with van der Waals surface area (Å²) >= 11 is 4.65. The molecule has 1 saturated heterocycles. The first-order valence-corrected chi connectivity index (χ1v) is 7.63. The van der Waals surface area contributed by atoms with Crippen LogP contribution in [0.15, 0.2) is 0 Å². The van der Waals surface area contributed by atoms with Gasteiger partial charge in [0.05, 0.1) is 0 Å². The third-order valence-electron chi connectivity index (χ3n) is 4.70. The third kappa shape index (κ3) is 2.76. The molecular weight excluding hydrogens is 214 g/mol. The van der Waals surface area contributed by atoms with E-state index in [2.05, 4.69) is 31.4 Å². The molecule has 0 aromatic rings. The Morgan fingerprint density at radius 2 is 1.88 bits per heavy atom. The van der Waals surface area contributed by atoms with Crippen molar-refractivity contribution in [1.82, 2.24) is 4.90 Å². The Kier molecular flexibility index (Phi) is 4.23. The zero-order valence-electron chi connectivity index (χ0n) is 10.9. The van der Waals surface area contributed by atoms with Gasteiger partial charge in [-0.05, 0) is 43.3 Å². The fourth-order valence-corrected chi connectivity index (χ4v) is 4.12. The quantitative estimate of drug-likeness (QED) is 0.739. The van der Waals surface area contributed by atoms with Crippen molar-refractivity contribution < 1.29 is 0 Å². The number of nitrogens with zero attached hydrogens (tertiary/aromatic N) is 1. The lowest BCUT2D eigenvalue weighted by atomic mass is 9.75. The van der Waals surface area contributed by atoms with Gasteiger partial charge >= 0.3 is 0 Å². The van der Waals surface area contributed by atoms with Crippen molar-refractivity contribution in [3.8, 4) is 0 Å². The number of rotatable bonds is 3. The Hall–Kier alpha value is 0.310. The molecule has 2 fully saturated rings. The van der Waals surface area contributed by atoms with E-state index in [0.29, 0.717) is 5.41 Å². The highest BCUT2D eigenvalue weighted by atomic mass is 32.1. The second kappa shape index (κ2) is 5.30. The predicted molar refractivity (Wildman–Crippen MR) is 74.2 cm³/mol. The van der Waals surface area contributed by atoms with Gasteiger partial charge in [0.25, 0.3) is 0 Å². The van der Waals surface area contributed by atoms with Crippen LogP contribution in [0.3, 0.4) is 0 Å². The second-order valence-electron chi connectivity index (χ2n) is 6.34. The fraction of sp³-hybridized carbons (Fsp3) is 1.00. The van der Waals surface area contributed by atoms with Crippen LogP contribution in [0.5, 0.6) is 0 Å². The van der Waals surface area contributed by atoms with E-state index < -0.39 is 0 Å². The summed E-state index contributed by atoms with van der Waals surface area (Å²) in [5, 5.41) is 0. The normalized spacial score (nSPS) is 35.4. The summed E-state index contributed by atoms with van der Waals surface area (Å²) in [6.07, 6.45) is 8.52. The maximum atomic E-state index is 4.65. The van der Waals surface area contributed by atoms with Crippen LogP contribution in [0.4, 0.5) is 0 Å². The fourth-order valence-electron chi connectivity index (χ4n) is 3.71. The van der Waals surface area contributed by atoms with Gasteiger partial charge in [-0.15, -0.1) is 0 Å². The lowest BCUT2D eigenvalue weighted by Gasteiger charge is -2.40. The number of thiol groups is 1. The second-order valence-corrected chi connectivity index (χ2v) is 6.65. The molecule has 0 N–H and O–H groups in total. The van der Waals surface area contributed by atoms with Crippen LogP contribution in [0.1, 0.15) is 52.4 Å². The van der Waals surface area contributed by atoms with Crippen LogP contribution in [-0.2, 0) is 0 Å². The van der Waals surface area contributed by atoms with E-state index >= 15 is 0 Å². The molecule has 0 radical (unpaired) electrons. The minimum atomic E-state index is 0.541. The number of likely N-dealkylation sites (tertiary alicyclic amines) is 1. The van der Waals surface area contributed by atoms with Gasteiger partial charge < -0.3 is 0 Å². The van der Waals surface area contributed by atoms with Gasteiger partial charge in [-0.1, -0.05) is 26.2 Å². The van der Waals surface area contributed by atoms with Gasteiger partial charge in [-0.3, -0.25) is 4.90 Å². The van der Waals surface area contributed by atoms with Gasteiger partial charge in [0.2, 0.25) is 0 Å². The Balaban J connectivity index is 1.95. The first-order chi connectivity index (χ1) is 7.65. The van der Waals surface area contributed by atoms with Crippen LogP contribution in [0.25, 0.3) is 0 Å². The van der Waals surface area contributed by atoms with E-state index in [4.69, 9.17) is 0 Å². The first-order valence-electron chi connectivity index (χ1n) is 7.00. The molecule has 2 heteroatoms. The van der Waals surface area contributed by atoms with Crippen LogP contribution in [-0.4, -0.2) is 29.8 Å². The van der Waals surface area contributed by atoms with E-state index in [0.717, 1.165) is 17.7 Å². The molecule has 1 saturated carbocycles. The number of hydrogen-bond acceptors (Lipinski definition) is 2. The molecular formula is C14H27NS. The largest absolute Gasteiger partial charge is 0.300 e. The predicted octanol–water partition coefficient (Wildman–Crippen LogP) is 3.60. The van der Waals surface area contributed by atoms with Gasteiger partial charge in [0, 0.05) is 19.1 Å². The Bertz CT molecular complexity index is 223. The van der Waals surface area contributed by atoms with Gasteiger partial charge in [0.15, 0.2) is 0 Å². The topological polar surface area (TPSA) is 3.24 Å². The van der Waals surface area contributed by atoms with E-state index in [9.17, 15) is 0 Å². The van der Waals surface area contributed by atoms with E-state index in [1.807, 2.05) is 0 Å². The molecule has 1 aliphatic carbocycles. The SMILES string of the molecule is CC1CC(C)N(CC2(CS)CCCCC2)C1. The monoisotopic (exact) mass is 241 g/mol. The van der Waals surface area contributed by atoms with Crippen molar-refractivity contribution in [3.05, 3.63) is 0 Å². The molecule has 16 heavy (non-hydrogen) atoms. The van der Waals surface area contributed by atoms with Gasteiger partial charge in [-0.2, -0.15) is 12.6 Å². The first kappa shape index (κ1) is 12.8. The van der Waals surface area contributed by atoms with Gasteiger partial charge in [-0.25, -0.2) is 0 Å². The molecule has 94 valence electrons. The standard InChI is InChI=1S/C14H27NS/c1-12-8-13(2)15(9-12)10-14(11-16)6-4-3-5-7-14/h12-13,16H,3-11H2,1-2H3. The highest BCUT2D eigenvalue weighted by molar-refractivity contribution is 7.80. The molecule has 0 aromatic carbocycles. The lowest BCUT2D eigenvalue weighted by molar-refractivity contribution is 0.120. The molecule has 2 rings (SSSR count). The third-order valence-corrected chi connectivity index (χ3v) is 5.37. The summed E-state index contributed by atoms with van der Waals surface area (Å²) < 4.78 is 0. The molecule has 2 atom stereocenters. The van der Waals surface area contributed by atoms with E-state index in [-0.39, 0.29) is 0 Å². The van der Waals surface area contributed by atoms with Crippen molar-refractivity contribution in [2.24, 2.45) is 11.3 Å². The highest BCUT2D eigenvalue weighted by Crippen LogP contribution is 2.39. The highest BCUT2D eigenvalue weighted by Gasteiger charge is 2.36. The van der Waals surface area contributed by atoms with Crippen LogP contribution in [0.2, 0.25) is 0 Å². The van der Waals surface area contributed by atoms with Crippen molar-refractivity contribution in [1.29, 1.82) is 0 Å². The zero-order chi connectivity index (χ0) is 11.6. The molecule has 1 heterocycles. The van der Waals surface area contributed by atoms with Crippen molar-refractivity contribution in [2.45, 2.75) is 58.4 Å². The minimum Gasteiger partial charge on any atom is -0.300 e. The smallest absolute Gasteiger partial charge is 0.00702 e. The van der Waals surface area contributed by atoms with Crippen molar-refractivity contribution >= 4 is 12.6 Å². The summed E-state index contributed by atoms with van der Waals surface area (Å²) in [5.74, 6) is 1.99. The number of hydrogen-bond donors (Lipinski definition) is 1. The molecule has 1 aliphatic heterocycles. The van der Waals surface area contributed by atoms with Crippen LogP contribution < -0.4 is 0 Å². The average molecular weight is 241 g/mol. The summed E-state index contributed by atoms with van der Waals surface area (Å²) in [6.45, 7) is 7.42. The molecule has 2 unspecified atom stereocenters. The zero-order valence-corrected chi connectivity index (χ0v) is 11.8. The van der Waals surface area contributed by atoms with Crippen LogP contribution >= 0.6 is 12.6 Å². The molecule has 0 aromatic heterocycles. The molecule has 0 amide bonds. The summed E-state index contributed by atoms with van der Waals surface area (Å²) in [6, 6.07) is 0.800. The Morgan fingerprint density at radius 1 is 1.19 bits per heavy atom. The maximum absolute atomic E-state index is 4.65. The summed E-state index contributed by atoms with van der Waals surface area (Å²) in [7, 11) is 0. The van der Waals surface area contributed by atoms with Crippen molar-refractivity contribution in [3.63, 3.8) is 0 Å². The summed E-state index contributed by atoms with van der Waals surface area (Å²) in [4.78, 5) is 2.73. The lowest BCUT2D eigenvalue weighted by Crippen LogP contribution is -2.42. The van der Waals surface area contributed by atoms with Crippen LogP contribution in [0, 0.1) is 11.3 Å². The van der Waals surface area contributed by atoms with E-state index in [1.54, 1.807) is 0 Å². The Morgan fingerprint density at radius 3 is 2.38 bits per heavy atom. The summed E-state index contributed by atoms with van der Waals surface area (Å²) in [5.41, 5.74) is 0.541. The Labute approximate surface area is 106 Å². The van der Waals surface area contributed by atoms with Gasteiger partial charge in [0.1, 0.15) is 0 Å². The van der Waals surface area contributed by atoms with E-state index in [1.165, 1.54) is 51.6 Å². The molecule has 1 nitrogen and oxygen atoms in total. The molecule has 0 bridgehead atoms. The molecule has 0 spiro atoms. The van der Waals surface area contributed by atoms with Crippen molar-refractivity contribution in [2.75, 3.05) is 18.8 Å².